The fourth-order valence-electron chi connectivity index (χ4n) is 3.72. The lowest BCUT2D eigenvalue weighted by Crippen LogP contribution is -2.48. The van der Waals surface area contributed by atoms with Crippen molar-refractivity contribution in [2.24, 2.45) is 0 Å². The van der Waals surface area contributed by atoms with Crippen molar-refractivity contribution in [2.45, 2.75) is 19.1 Å². The predicted molar refractivity (Wildman–Crippen MR) is 123 cm³/mol. The number of carbonyl (C=O) groups excluding carboxylic acids is 1. The van der Waals surface area contributed by atoms with Crippen LogP contribution in [-0.2, 0) is 17.7 Å². The number of benzene rings is 1. The first-order valence-electron chi connectivity index (χ1n) is 11.1. The number of rotatable bonds is 12. The highest BCUT2D eigenvalue weighted by molar-refractivity contribution is 5.91. The van der Waals surface area contributed by atoms with E-state index in [1.807, 2.05) is 24.3 Å². The third-order valence-electron chi connectivity index (χ3n) is 5.45. The van der Waals surface area contributed by atoms with Crippen LogP contribution in [0.3, 0.4) is 0 Å². The fourth-order valence-corrected chi connectivity index (χ4v) is 3.72. The molecule has 1 saturated heterocycles. The first kappa shape index (κ1) is 24.7. The van der Waals surface area contributed by atoms with Gasteiger partial charge < -0.3 is 24.3 Å². The van der Waals surface area contributed by atoms with Crippen molar-refractivity contribution >= 4 is 5.91 Å². The van der Waals surface area contributed by atoms with E-state index < -0.39 is 6.10 Å². The van der Waals surface area contributed by atoms with Crippen LogP contribution in [0.2, 0.25) is 0 Å². The topological polar surface area (TPSA) is 100 Å². The lowest BCUT2D eigenvalue weighted by Gasteiger charge is -2.34. The summed E-state index contributed by atoms with van der Waals surface area (Å²) in [7, 11) is 1.63. The van der Waals surface area contributed by atoms with Gasteiger partial charge in [-0.05, 0) is 18.1 Å². The maximum absolute atomic E-state index is 12.4. The van der Waals surface area contributed by atoms with Gasteiger partial charge in [-0.15, -0.1) is 6.42 Å². The van der Waals surface area contributed by atoms with E-state index >= 15 is 0 Å². The molecule has 2 heterocycles. The van der Waals surface area contributed by atoms with E-state index in [2.05, 4.69) is 26.0 Å². The highest BCUT2D eigenvalue weighted by atomic mass is 16.5. The number of amides is 1. The minimum atomic E-state index is -0.555. The lowest BCUT2D eigenvalue weighted by atomic mass is 10.1. The molecule has 0 saturated carbocycles. The second-order valence-electron chi connectivity index (χ2n) is 7.89. The molecule has 33 heavy (non-hydrogen) atoms. The van der Waals surface area contributed by atoms with E-state index in [1.54, 1.807) is 7.11 Å². The average molecular weight is 457 g/mol. The Bertz CT molecular complexity index is 918. The molecule has 1 aliphatic rings. The number of aliphatic hydroxyl groups is 1. The van der Waals surface area contributed by atoms with Crippen LogP contribution in [0.25, 0.3) is 0 Å². The Morgan fingerprint density at radius 1 is 1.30 bits per heavy atom. The van der Waals surface area contributed by atoms with Gasteiger partial charge in [0.2, 0.25) is 5.89 Å². The van der Waals surface area contributed by atoms with Crippen molar-refractivity contribution in [3.05, 3.63) is 47.7 Å². The fraction of sp³-hybridized carbons (Fsp3) is 0.500. The molecule has 1 aromatic heterocycles. The van der Waals surface area contributed by atoms with Gasteiger partial charge in [0.1, 0.15) is 18.6 Å². The number of hydrogen-bond acceptors (Lipinski definition) is 8. The van der Waals surface area contributed by atoms with Crippen molar-refractivity contribution in [3.8, 4) is 18.1 Å². The standard InChI is InChI=1S/C24H32N4O5/c1-3-14-32-17-20(29)15-27-10-12-28(13-11-27)16-23-26-21(18-33-23)24(30)25-9-8-19-6-4-5-7-22(19)31-2/h1,4-7,18,20,29H,8-17H2,2H3,(H,25,30). The van der Waals surface area contributed by atoms with Crippen LogP contribution in [0.15, 0.2) is 34.9 Å². The molecule has 3 rings (SSSR count). The maximum Gasteiger partial charge on any atom is 0.273 e. The van der Waals surface area contributed by atoms with Crippen molar-refractivity contribution < 1.29 is 23.8 Å². The van der Waals surface area contributed by atoms with Gasteiger partial charge in [0.25, 0.3) is 5.91 Å². The Hall–Kier alpha value is -2.90. The Morgan fingerprint density at radius 3 is 2.82 bits per heavy atom. The Labute approximate surface area is 194 Å². The molecule has 1 aromatic carbocycles. The van der Waals surface area contributed by atoms with Crippen LogP contribution >= 0.6 is 0 Å². The summed E-state index contributed by atoms with van der Waals surface area (Å²) in [4.78, 5) is 21.2. The number of hydrogen-bond donors (Lipinski definition) is 2. The van der Waals surface area contributed by atoms with E-state index in [0.29, 0.717) is 31.9 Å². The van der Waals surface area contributed by atoms with Crippen molar-refractivity contribution in [3.63, 3.8) is 0 Å². The highest BCUT2D eigenvalue weighted by Crippen LogP contribution is 2.17. The molecule has 0 spiro atoms. The van der Waals surface area contributed by atoms with Crippen LogP contribution in [0.5, 0.6) is 5.75 Å². The first-order valence-corrected chi connectivity index (χ1v) is 11.1. The largest absolute Gasteiger partial charge is 0.496 e. The second-order valence-corrected chi connectivity index (χ2v) is 7.89. The van der Waals surface area contributed by atoms with Gasteiger partial charge in [0.05, 0.1) is 26.4 Å². The highest BCUT2D eigenvalue weighted by Gasteiger charge is 2.21. The van der Waals surface area contributed by atoms with Crippen molar-refractivity contribution in [1.29, 1.82) is 0 Å². The van der Waals surface area contributed by atoms with Gasteiger partial charge in [0, 0.05) is 39.3 Å². The molecule has 1 atom stereocenters. The molecule has 0 bridgehead atoms. The lowest BCUT2D eigenvalue weighted by molar-refractivity contribution is 0.0146. The quantitative estimate of drug-likeness (QED) is 0.357. The van der Waals surface area contributed by atoms with E-state index in [0.717, 1.165) is 37.5 Å². The van der Waals surface area contributed by atoms with Crippen molar-refractivity contribution in [2.75, 3.05) is 59.6 Å². The maximum atomic E-state index is 12.4. The van der Waals surface area contributed by atoms with Crippen LogP contribution in [0, 0.1) is 12.3 Å². The molecule has 0 aliphatic carbocycles. The van der Waals surface area contributed by atoms with E-state index in [-0.39, 0.29) is 24.8 Å². The number of piperazine rings is 1. The zero-order chi connectivity index (χ0) is 23.5. The summed E-state index contributed by atoms with van der Waals surface area (Å²) >= 11 is 0. The van der Waals surface area contributed by atoms with Gasteiger partial charge in [0.15, 0.2) is 5.69 Å². The number of nitrogens with zero attached hydrogens (tertiary/aromatic N) is 3. The molecular weight excluding hydrogens is 424 g/mol. The monoisotopic (exact) mass is 456 g/mol. The number of oxazole rings is 1. The van der Waals surface area contributed by atoms with Gasteiger partial charge in [-0.1, -0.05) is 24.1 Å². The number of methoxy groups -OCH3 is 1. The molecule has 1 unspecified atom stereocenters. The summed E-state index contributed by atoms with van der Waals surface area (Å²) in [5.41, 5.74) is 1.31. The van der Waals surface area contributed by atoms with Crippen LogP contribution < -0.4 is 10.1 Å². The predicted octanol–water partition coefficient (Wildman–Crippen LogP) is 0.784. The summed E-state index contributed by atoms with van der Waals surface area (Å²) in [5.74, 6) is 3.45. The number of para-hydroxylation sites is 1. The number of aromatic nitrogens is 1. The molecule has 9 heteroatoms. The molecule has 2 aromatic rings. The molecule has 1 fully saturated rings. The normalized spacial score (nSPS) is 15.7. The Balaban J connectivity index is 1.37. The zero-order valence-corrected chi connectivity index (χ0v) is 19.0. The van der Waals surface area contributed by atoms with Crippen molar-refractivity contribution in [1.82, 2.24) is 20.1 Å². The van der Waals surface area contributed by atoms with Crippen LogP contribution in [0.1, 0.15) is 21.9 Å². The number of β-amino-alcohol motifs (C(OH)–C–C–N with tert-alkyl or cyclic N) is 1. The number of ether oxygens (including phenoxy) is 2. The van der Waals surface area contributed by atoms with Gasteiger partial charge >= 0.3 is 0 Å². The molecule has 2 N–H and O–H groups in total. The number of aliphatic hydroxyl groups excluding tert-OH is 1. The van der Waals surface area contributed by atoms with Crippen LogP contribution in [0.4, 0.5) is 0 Å². The number of carbonyl (C=O) groups is 1. The Morgan fingerprint density at radius 2 is 2.06 bits per heavy atom. The molecule has 178 valence electrons. The summed E-state index contributed by atoms with van der Waals surface area (Å²) in [6, 6.07) is 7.74. The van der Waals surface area contributed by atoms with Gasteiger partial charge in [-0.25, -0.2) is 4.98 Å². The SMILES string of the molecule is C#CCOCC(O)CN1CCN(Cc2nc(C(=O)NCCc3ccccc3OC)co2)CC1. The summed E-state index contributed by atoms with van der Waals surface area (Å²) in [6.07, 6.45) is 6.64. The zero-order valence-electron chi connectivity index (χ0n) is 19.0. The first-order chi connectivity index (χ1) is 16.1. The third-order valence-corrected chi connectivity index (χ3v) is 5.45. The second kappa shape index (κ2) is 13.0. The smallest absolute Gasteiger partial charge is 0.273 e. The third kappa shape index (κ3) is 7.87. The summed E-state index contributed by atoms with van der Waals surface area (Å²) < 4.78 is 16.0. The minimum Gasteiger partial charge on any atom is -0.496 e. The molecule has 1 amide bonds. The summed E-state index contributed by atoms with van der Waals surface area (Å²) in [6.45, 7) is 5.30. The summed E-state index contributed by atoms with van der Waals surface area (Å²) in [5, 5.41) is 12.9. The van der Waals surface area contributed by atoms with Gasteiger partial charge in [-0.3, -0.25) is 14.6 Å². The molecule has 1 aliphatic heterocycles. The number of terminal acetylenes is 1. The van der Waals surface area contributed by atoms with Gasteiger partial charge in [-0.2, -0.15) is 0 Å². The molecule has 0 radical (unpaired) electrons. The van der Waals surface area contributed by atoms with E-state index in [4.69, 9.17) is 20.3 Å². The molecule has 9 nitrogen and oxygen atoms in total. The average Bonchev–Trinajstić information content (AvgIpc) is 3.29. The van der Waals surface area contributed by atoms with E-state index in [1.165, 1.54) is 6.26 Å². The van der Waals surface area contributed by atoms with E-state index in [9.17, 15) is 9.90 Å². The minimum absolute atomic E-state index is 0.211. The molecular formula is C24H32N4O5. The van der Waals surface area contributed by atoms with Crippen LogP contribution in [-0.4, -0.2) is 91.5 Å². The Kier molecular flexibility index (Phi) is 9.72. The number of nitrogens with one attached hydrogen (secondary N) is 1.